The monoisotopic (exact) mass is 276 g/mol. The third kappa shape index (κ3) is 3.93. The molecule has 104 valence electrons. The number of ether oxygens (including phenoxy) is 1. The molecule has 0 aromatic heterocycles. The number of carbonyl (C=O) groups excluding carboxylic acids is 1. The van der Waals surface area contributed by atoms with Gasteiger partial charge in [-0.3, -0.25) is 4.79 Å². The highest BCUT2D eigenvalue weighted by molar-refractivity contribution is 7.88. The molecular weight excluding hydrogens is 256 g/mol. The molecule has 0 spiro atoms. The zero-order chi connectivity index (χ0) is 13.2. The van der Waals surface area contributed by atoms with Crippen molar-refractivity contribution in [2.45, 2.75) is 37.8 Å². The SMILES string of the molecule is CS(=O)(=O)N(CC(=O)NCC1CCCO1)C1CC1. The summed E-state index contributed by atoms with van der Waals surface area (Å²) in [7, 11) is -3.29. The lowest BCUT2D eigenvalue weighted by Crippen LogP contribution is -2.43. The summed E-state index contributed by atoms with van der Waals surface area (Å²) in [4.78, 5) is 11.7. The van der Waals surface area contributed by atoms with Gasteiger partial charge in [0.1, 0.15) is 0 Å². The molecule has 2 aliphatic rings. The largest absolute Gasteiger partial charge is 0.376 e. The van der Waals surface area contributed by atoms with Crippen LogP contribution in [-0.4, -0.2) is 56.7 Å². The molecule has 0 bridgehead atoms. The van der Waals surface area contributed by atoms with Crippen molar-refractivity contribution in [2.75, 3.05) is 26.0 Å². The molecule has 2 rings (SSSR count). The van der Waals surface area contributed by atoms with Gasteiger partial charge in [0.15, 0.2) is 0 Å². The topological polar surface area (TPSA) is 75.7 Å². The molecule has 2 fully saturated rings. The molecule has 1 unspecified atom stereocenters. The molecule has 1 saturated heterocycles. The van der Waals surface area contributed by atoms with Gasteiger partial charge in [0.05, 0.1) is 18.9 Å². The van der Waals surface area contributed by atoms with E-state index in [0.29, 0.717) is 6.54 Å². The third-order valence-electron chi connectivity index (χ3n) is 3.23. The fourth-order valence-corrected chi connectivity index (χ4v) is 3.21. The van der Waals surface area contributed by atoms with Crippen molar-refractivity contribution < 1.29 is 17.9 Å². The third-order valence-corrected chi connectivity index (χ3v) is 4.51. The number of nitrogens with zero attached hydrogens (tertiary/aromatic N) is 1. The Morgan fingerprint density at radius 2 is 2.11 bits per heavy atom. The zero-order valence-electron chi connectivity index (χ0n) is 10.6. The summed E-state index contributed by atoms with van der Waals surface area (Å²) in [5, 5.41) is 2.74. The first-order valence-corrected chi connectivity index (χ1v) is 8.17. The van der Waals surface area contributed by atoms with Crippen LogP contribution in [-0.2, 0) is 19.6 Å². The Kier molecular flexibility index (Phi) is 4.24. The second kappa shape index (κ2) is 5.54. The van der Waals surface area contributed by atoms with E-state index in [1.54, 1.807) is 0 Å². The van der Waals surface area contributed by atoms with E-state index < -0.39 is 10.0 Å². The van der Waals surface area contributed by atoms with Crippen molar-refractivity contribution >= 4 is 15.9 Å². The van der Waals surface area contributed by atoms with Crippen molar-refractivity contribution in [1.82, 2.24) is 9.62 Å². The van der Waals surface area contributed by atoms with Gasteiger partial charge in [-0.15, -0.1) is 0 Å². The maximum atomic E-state index is 11.7. The van der Waals surface area contributed by atoms with E-state index >= 15 is 0 Å². The zero-order valence-corrected chi connectivity index (χ0v) is 11.4. The van der Waals surface area contributed by atoms with Crippen LogP contribution in [0.5, 0.6) is 0 Å². The number of rotatable bonds is 6. The summed E-state index contributed by atoms with van der Waals surface area (Å²) < 4.78 is 29.7. The summed E-state index contributed by atoms with van der Waals surface area (Å²) in [6.45, 7) is 1.15. The molecule has 18 heavy (non-hydrogen) atoms. The minimum absolute atomic E-state index is 0.0217. The summed E-state index contributed by atoms with van der Waals surface area (Å²) in [5.41, 5.74) is 0. The molecule has 1 heterocycles. The van der Waals surface area contributed by atoms with Gasteiger partial charge in [0, 0.05) is 19.2 Å². The molecule has 1 saturated carbocycles. The Morgan fingerprint density at radius 1 is 1.39 bits per heavy atom. The summed E-state index contributed by atoms with van der Waals surface area (Å²) >= 11 is 0. The van der Waals surface area contributed by atoms with Gasteiger partial charge in [0.25, 0.3) is 0 Å². The quantitative estimate of drug-likeness (QED) is 0.723. The second-order valence-corrected chi connectivity index (χ2v) is 6.91. The number of amides is 1. The summed E-state index contributed by atoms with van der Waals surface area (Å²) in [5.74, 6) is -0.247. The summed E-state index contributed by atoms with van der Waals surface area (Å²) in [6, 6.07) is 0.0217. The molecule has 0 aromatic carbocycles. The van der Waals surface area contributed by atoms with E-state index in [-0.39, 0.29) is 24.6 Å². The lowest BCUT2D eigenvalue weighted by molar-refractivity contribution is -0.121. The van der Waals surface area contributed by atoms with Crippen molar-refractivity contribution in [2.24, 2.45) is 0 Å². The average molecular weight is 276 g/mol. The van der Waals surface area contributed by atoms with Crippen LogP contribution in [0.4, 0.5) is 0 Å². The lowest BCUT2D eigenvalue weighted by Gasteiger charge is -2.19. The molecular formula is C11H20N2O4S. The van der Waals surface area contributed by atoms with Crippen molar-refractivity contribution in [1.29, 1.82) is 0 Å². The number of sulfonamides is 1. The Morgan fingerprint density at radius 3 is 2.61 bits per heavy atom. The Bertz CT molecular complexity index is 399. The Labute approximate surface area is 108 Å². The maximum Gasteiger partial charge on any atom is 0.235 e. The average Bonchev–Trinajstić information content (AvgIpc) is 2.97. The maximum absolute atomic E-state index is 11.7. The Hall–Kier alpha value is -0.660. The molecule has 0 radical (unpaired) electrons. The number of hydrogen-bond acceptors (Lipinski definition) is 4. The van der Waals surface area contributed by atoms with E-state index in [9.17, 15) is 13.2 Å². The molecule has 1 amide bonds. The normalized spacial score (nSPS) is 24.4. The van der Waals surface area contributed by atoms with Crippen LogP contribution in [0.3, 0.4) is 0 Å². The molecule has 1 aliphatic heterocycles. The highest BCUT2D eigenvalue weighted by atomic mass is 32.2. The van der Waals surface area contributed by atoms with Gasteiger partial charge in [-0.2, -0.15) is 4.31 Å². The first-order chi connectivity index (χ1) is 8.47. The molecule has 0 aromatic rings. The number of nitrogens with one attached hydrogen (secondary N) is 1. The van der Waals surface area contributed by atoms with E-state index in [1.807, 2.05) is 0 Å². The molecule has 1 aliphatic carbocycles. The lowest BCUT2D eigenvalue weighted by atomic mass is 10.2. The predicted molar refractivity (Wildman–Crippen MR) is 66.6 cm³/mol. The molecule has 6 nitrogen and oxygen atoms in total. The fraction of sp³-hybridized carbons (Fsp3) is 0.909. The van der Waals surface area contributed by atoms with Crippen LogP contribution < -0.4 is 5.32 Å². The second-order valence-electron chi connectivity index (χ2n) is 4.98. The highest BCUT2D eigenvalue weighted by Crippen LogP contribution is 2.28. The molecule has 1 N–H and O–H groups in total. The minimum Gasteiger partial charge on any atom is -0.376 e. The van der Waals surface area contributed by atoms with E-state index in [4.69, 9.17) is 4.74 Å². The van der Waals surface area contributed by atoms with Gasteiger partial charge < -0.3 is 10.1 Å². The van der Waals surface area contributed by atoms with Crippen LogP contribution in [0.25, 0.3) is 0 Å². The van der Waals surface area contributed by atoms with Crippen LogP contribution in [0.2, 0.25) is 0 Å². The first-order valence-electron chi connectivity index (χ1n) is 6.32. The van der Waals surface area contributed by atoms with Gasteiger partial charge in [-0.1, -0.05) is 0 Å². The van der Waals surface area contributed by atoms with E-state index in [2.05, 4.69) is 5.32 Å². The standard InChI is InChI=1S/C11H20N2O4S/c1-18(15,16)13(9-4-5-9)8-11(14)12-7-10-3-2-6-17-10/h9-10H,2-8H2,1H3,(H,12,14). The van der Waals surface area contributed by atoms with Crippen LogP contribution >= 0.6 is 0 Å². The van der Waals surface area contributed by atoms with E-state index in [1.165, 1.54) is 4.31 Å². The Balaban J connectivity index is 1.78. The van der Waals surface area contributed by atoms with Crippen LogP contribution in [0.15, 0.2) is 0 Å². The van der Waals surface area contributed by atoms with Gasteiger partial charge >= 0.3 is 0 Å². The summed E-state index contributed by atoms with van der Waals surface area (Å²) in [6.07, 6.45) is 4.93. The molecule has 7 heteroatoms. The number of hydrogen-bond donors (Lipinski definition) is 1. The smallest absolute Gasteiger partial charge is 0.235 e. The van der Waals surface area contributed by atoms with E-state index in [0.717, 1.165) is 38.5 Å². The predicted octanol–water partition coefficient (Wildman–Crippen LogP) is -0.294. The van der Waals surface area contributed by atoms with Crippen LogP contribution in [0, 0.1) is 0 Å². The van der Waals surface area contributed by atoms with Gasteiger partial charge in [-0.25, -0.2) is 8.42 Å². The van der Waals surface area contributed by atoms with Gasteiger partial charge in [0.2, 0.25) is 15.9 Å². The van der Waals surface area contributed by atoms with Crippen molar-refractivity contribution in [3.05, 3.63) is 0 Å². The van der Waals surface area contributed by atoms with Crippen molar-refractivity contribution in [3.63, 3.8) is 0 Å². The fourth-order valence-electron chi connectivity index (χ4n) is 2.11. The van der Waals surface area contributed by atoms with Crippen molar-refractivity contribution in [3.8, 4) is 0 Å². The minimum atomic E-state index is -3.29. The molecule has 1 atom stereocenters. The number of carbonyl (C=O) groups is 1. The van der Waals surface area contributed by atoms with Gasteiger partial charge in [-0.05, 0) is 25.7 Å². The first kappa shape index (κ1) is 13.8. The highest BCUT2D eigenvalue weighted by Gasteiger charge is 2.36. The van der Waals surface area contributed by atoms with Crippen LogP contribution in [0.1, 0.15) is 25.7 Å².